The van der Waals surface area contributed by atoms with Crippen LogP contribution in [0.2, 0.25) is 0 Å². The quantitative estimate of drug-likeness (QED) is 0.578. The summed E-state index contributed by atoms with van der Waals surface area (Å²) in [6.07, 6.45) is 3.57. The molecule has 6 heteroatoms. The van der Waals surface area contributed by atoms with Crippen LogP contribution in [0.25, 0.3) is 0 Å². The Morgan fingerprint density at radius 1 is 1.23 bits per heavy atom. The molecule has 0 atom stereocenters. The molecule has 2 aliphatic rings. The Balaban J connectivity index is 1.61. The maximum atomic E-state index is 5.77. The van der Waals surface area contributed by atoms with Crippen molar-refractivity contribution in [3.63, 3.8) is 0 Å². The van der Waals surface area contributed by atoms with Crippen LogP contribution in [0.15, 0.2) is 23.2 Å². The van der Waals surface area contributed by atoms with Crippen molar-refractivity contribution in [1.82, 2.24) is 10.2 Å². The maximum Gasteiger partial charge on any atom is 0.195 e. The predicted octanol–water partition coefficient (Wildman–Crippen LogP) is 3.10. The van der Waals surface area contributed by atoms with Gasteiger partial charge in [-0.2, -0.15) is 0 Å². The second-order valence-corrected chi connectivity index (χ2v) is 7.16. The van der Waals surface area contributed by atoms with Gasteiger partial charge in [-0.15, -0.1) is 0 Å². The van der Waals surface area contributed by atoms with Crippen molar-refractivity contribution >= 4 is 11.6 Å². The number of nitrogens with one attached hydrogen (secondary N) is 2. The van der Waals surface area contributed by atoms with Crippen LogP contribution in [-0.2, 0) is 0 Å². The molecule has 1 aliphatic heterocycles. The van der Waals surface area contributed by atoms with Crippen LogP contribution in [0.1, 0.15) is 40.0 Å². The molecule has 144 valence electrons. The Labute approximate surface area is 157 Å². The van der Waals surface area contributed by atoms with Crippen molar-refractivity contribution in [3.8, 4) is 11.5 Å². The third-order valence-electron chi connectivity index (χ3n) is 4.66. The Morgan fingerprint density at radius 3 is 2.69 bits per heavy atom. The van der Waals surface area contributed by atoms with Crippen LogP contribution in [0.4, 0.5) is 5.69 Å². The molecule has 3 rings (SSSR count). The SMILES string of the molecule is CCNC(=NCCN(C(C)C)C1CC1)Nc1ccc2c(c1)OCCCO2. The molecule has 1 heterocycles. The highest BCUT2D eigenvalue weighted by atomic mass is 16.5. The molecule has 0 amide bonds. The lowest BCUT2D eigenvalue weighted by Gasteiger charge is -2.25. The minimum absolute atomic E-state index is 0.579. The highest BCUT2D eigenvalue weighted by Crippen LogP contribution is 2.32. The number of nitrogens with zero attached hydrogens (tertiary/aromatic N) is 2. The molecule has 1 aromatic carbocycles. The Morgan fingerprint density at radius 2 is 2.00 bits per heavy atom. The van der Waals surface area contributed by atoms with Crippen LogP contribution < -0.4 is 20.1 Å². The van der Waals surface area contributed by atoms with E-state index < -0.39 is 0 Å². The van der Waals surface area contributed by atoms with Crippen LogP contribution >= 0.6 is 0 Å². The van der Waals surface area contributed by atoms with E-state index in [4.69, 9.17) is 14.5 Å². The van der Waals surface area contributed by atoms with E-state index in [0.29, 0.717) is 19.3 Å². The molecule has 1 fully saturated rings. The normalized spacial score (nSPS) is 17.3. The lowest BCUT2D eigenvalue weighted by atomic mass is 10.2. The van der Waals surface area contributed by atoms with Crippen molar-refractivity contribution in [2.45, 2.75) is 52.1 Å². The van der Waals surface area contributed by atoms with Crippen LogP contribution in [0.5, 0.6) is 11.5 Å². The first-order valence-electron chi connectivity index (χ1n) is 9.88. The van der Waals surface area contributed by atoms with Gasteiger partial charge in [0.25, 0.3) is 0 Å². The van der Waals surface area contributed by atoms with Gasteiger partial charge in [0.15, 0.2) is 17.5 Å². The summed E-state index contributed by atoms with van der Waals surface area (Å²) >= 11 is 0. The topological polar surface area (TPSA) is 58.1 Å². The molecule has 0 unspecified atom stereocenters. The fraction of sp³-hybridized carbons (Fsp3) is 0.650. The molecular formula is C20H32N4O2. The van der Waals surface area contributed by atoms with Gasteiger partial charge in [-0.3, -0.25) is 9.89 Å². The fourth-order valence-corrected chi connectivity index (χ4v) is 3.23. The first-order chi connectivity index (χ1) is 12.7. The van der Waals surface area contributed by atoms with E-state index in [9.17, 15) is 0 Å². The molecule has 1 aliphatic carbocycles. The van der Waals surface area contributed by atoms with Crippen LogP contribution in [0, 0.1) is 0 Å². The summed E-state index contributed by atoms with van der Waals surface area (Å²) in [5.74, 6) is 2.41. The summed E-state index contributed by atoms with van der Waals surface area (Å²) in [6, 6.07) is 7.29. The van der Waals surface area contributed by atoms with Gasteiger partial charge in [0.1, 0.15) is 0 Å². The van der Waals surface area contributed by atoms with E-state index >= 15 is 0 Å². The average molecular weight is 361 g/mol. The van der Waals surface area contributed by atoms with E-state index in [-0.39, 0.29) is 0 Å². The van der Waals surface area contributed by atoms with Gasteiger partial charge in [-0.05, 0) is 45.7 Å². The Hall–Kier alpha value is -1.95. The summed E-state index contributed by atoms with van der Waals surface area (Å²) in [5.41, 5.74) is 0.955. The number of hydrogen-bond acceptors (Lipinski definition) is 4. The van der Waals surface area contributed by atoms with E-state index in [1.165, 1.54) is 12.8 Å². The number of aliphatic imine (C=N–C) groups is 1. The number of hydrogen-bond donors (Lipinski definition) is 2. The van der Waals surface area contributed by atoms with E-state index in [0.717, 1.165) is 55.2 Å². The number of anilines is 1. The Kier molecular flexibility index (Phi) is 6.61. The minimum atomic E-state index is 0.579. The first kappa shape index (κ1) is 18.8. The number of ether oxygens (including phenoxy) is 2. The number of guanidine groups is 1. The van der Waals surface area contributed by atoms with Crippen LogP contribution in [-0.4, -0.2) is 55.8 Å². The Bertz CT molecular complexity index is 612. The summed E-state index contributed by atoms with van der Waals surface area (Å²) in [5, 5.41) is 6.70. The largest absolute Gasteiger partial charge is 0.490 e. The van der Waals surface area contributed by atoms with Crippen molar-refractivity contribution in [2.24, 2.45) is 4.99 Å². The molecule has 0 aromatic heterocycles. The first-order valence-corrected chi connectivity index (χ1v) is 9.88. The molecule has 1 saturated carbocycles. The standard InChI is InChI=1S/C20H32N4O2/c1-4-21-20(22-10-11-24(15(2)3)17-7-8-17)23-16-6-9-18-19(14-16)26-13-5-12-25-18/h6,9,14-15,17H,4-5,7-8,10-13H2,1-3H3,(H2,21,22,23). The molecule has 1 aromatic rings. The number of fused-ring (bicyclic) bond motifs is 1. The van der Waals surface area contributed by atoms with Gasteiger partial charge in [-0.1, -0.05) is 0 Å². The van der Waals surface area contributed by atoms with Gasteiger partial charge in [0.2, 0.25) is 0 Å². The summed E-state index contributed by atoms with van der Waals surface area (Å²) < 4.78 is 11.5. The van der Waals surface area contributed by atoms with Gasteiger partial charge >= 0.3 is 0 Å². The minimum Gasteiger partial charge on any atom is -0.490 e. The molecule has 6 nitrogen and oxygen atoms in total. The summed E-state index contributed by atoms with van der Waals surface area (Å²) in [7, 11) is 0. The van der Waals surface area contributed by atoms with E-state index in [1.807, 2.05) is 18.2 Å². The van der Waals surface area contributed by atoms with Gasteiger partial charge in [0.05, 0.1) is 19.8 Å². The van der Waals surface area contributed by atoms with Gasteiger partial charge < -0.3 is 20.1 Å². The van der Waals surface area contributed by atoms with E-state index in [1.54, 1.807) is 0 Å². The zero-order valence-electron chi connectivity index (χ0n) is 16.3. The summed E-state index contributed by atoms with van der Waals surface area (Å²) in [6.45, 7) is 10.6. The van der Waals surface area contributed by atoms with Gasteiger partial charge in [-0.25, -0.2) is 0 Å². The third-order valence-corrected chi connectivity index (χ3v) is 4.66. The highest BCUT2D eigenvalue weighted by molar-refractivity contribution is 5.93. The van der Waals surface area contributed by atoms with Gasteiger partial charge in [0, 0.05) is 43.3 Å². The third kappa shape index (κ3) is 5.27. The molecular weight excluding hydrogens is 328 g/mol. The highest BCUT2D eigenvalue weighted by Gasteiger charge is 2.30. The number of rotatable bonds is 7. The predicted molar refractivity (Wildman–Crippen MR) is 107 cm³/mol. The monoisotopic (exact) mass is 360 g/mol. The van der Waals surface area contributed by atoms with Crippen molar-refractivity contribution in [2.75, 3.05) is 38.2 Å². The van der Waals surface area contributed by atoms with Crippen molar-refractivity contribution in [3.05, 3.63) is 18.2 Å². The van der Waals surface area contributed by atoms with E-state index in [2.05, 4.69) is 36.3 Å². The molecule has 0 radical (unpaired) electrons. The lowest BCUT2D eigenvalue weighted by Crippen LogP contribution is -2.36. The second kappa shape index (κ2) is 9.12. The molecule has 0 spiro atoms. The molecule has 0 bridgehead atoms. The lowest BCUT2D eigenvalue weighted by molar-refractivity contribution is 0.218. The second-order valence-electron chi connectivity index (χ2n) is 7.16. The summed E-state index contributed by atoms with van der Waals surface area (Å²) in [4.78, 5) is 7.31. The van der Waals surface area contributed by atoms with Crippen molar-refractivity contribution < 1.29 is 9.47 Å². The molecule has 26 heavy (non-hydrogen) atoms. The van der Waals surface area contributed by atoms with Crippen molar-refractivity contribution in [1.29, 1.82) is 0 Å². The fourth-order valence-electron chi connectivity index (χ4n) is 3.23. The molecule has 0 saturated heterocycles. The molecule has 2 N–H and O–H groups in total. The average Bonchev–Trinajstić information content (AvgIpc) is 3.45. The van der Waals surface area contributed by atoms with Crippen LogP contribution in [0.3, 0.4) is 0 Å². The zero-order chi connectivity index (χ0) is 18.4. The smallest absolute Gasteiger partial charge is 0.195 e. The number of benzene rings is 1. The zero-order valence-corrected chi connectivity index (χ0v) is 16.3. The maximum absolute atomic E-state index is 5.77.